The molecule has 1 aliphatic heterocycles. The molecule has 6 heteroatoms. The van der Waals surface area contributed by atoms with E-state index >= 15 is 0 Å². The molecule has 1 N–H and O–H groups in total. The molecule has 0 radical (unpaired) electrons. The van der Waals surface area contributed by atoms with Crippen LogP contribution < -0.4 is 5.32 Å². The maximum atomic E-state index is 5.44. The van der Waals surface area contributed by atoms with E-state index in [9.17, 15) is 0 Å². The lowest BCUT2D eigenvalue weighted by Gasteiger charge is -2.34. The molecule has 0 spiro atoms. The van der Waals surface area contributed by atoms with Crippen LogP contribution >= 0.6 is 0 Å². The number of nitrogens with one attached hydrogen (secondary N) is 1. The highest BCUT2D eigenvalue weighted by atomic mass is 16.5. The van der Waals surface area contributed by atoms with E-state index in [0.717, 1.165) is 43.7 Å². The summed E-state index contributed by atoms with van der Waals surface area (Å²) in [6.07, 6.45) is 6.52. The minimum atomic E-state index is -0.0990. The molecule has 21 heavy (non-hydrogen) atoms. The van der Waals surface area contributed by atoms with Crippen LogP contribution in [0.25, 0.3) is 11.5 Å². The van der Waals surface area contributed by atoms with E-state index in [4.69, 9.17) is 9.26 Å². The largest absolute Gasteiger partial charge is 0.385 e. The number of methoxy groups -OCH3 is 1. The van der Waals surface area contributed by atoms with Crippen LogP contribution in [0.15, 0.2) is 29.0 Å². The molecule has 1 fully saturated rings. The third kappa shape index (κ3) is 2.96. The third-order valence-electron chi connectivity index (χ3n) is 4.07. The van der Waals surface area contributed by atoms with Crippen molar-refractivity contribution in [2.75, 3.05) is 26.8 Å². The Labute approximate surface area is 123 Å². The van der Waals surface area contributed by atoms with Gasteiger partial charge in [-0.25, -0.2) is 0 Å². The molecular formula is C15H20N4O2. The number of hydrogen-bond donors (Lipinski definition) is 1. The number of rotatable bonds is 5. The van der Waals surface area contributed by atoms with Gasteiger partial charge in [0.25, 0.3) is 5.89 Å². The lowest BCUT2D eigenvalue weighted by molar-refractivity contribution is 0.148. The maximum Gasteiger partial charge on any atom is 0.259 e. The first-order valence-electron chi connectivity index (χ1n) is 7.28. The molecule has 0 aliphatic carbocycles. The van der Waals surface area contributed by atoms with Crippen molar-refractivity contribution in [2.24, 2.45) is 0 Å². The number of nitrogens with zero attached hydrogens (tertiary/aromatic N) is 3. The Bertz CT molecular complexity index is 564. The molecule has 1 saturated heterocycles. The fourth-order valence-corrected chi connectivity index (χ4v) is 2.83. The van der Waals surface area contributed by atoms with E-state index in [1.807, 2.05) is 12.1 Å². The zero-order valence-corrected chi connectivity index (χ0v) is 12.2. The molecule has 2 aromatic heterocycles. The second-order valence-corrected chi connectivity index (χ2v) is 5.47. The Hall–Kier alpha value is -1.79. The zero-order valence-electron chi connectivity index (χ0n) is 12.2. The lowest BCUT2D eigenvalue weighted by atomic mass is 9.77. The molecule has 112 valence electrons. The predicted molar refractivity (Wildman–Crippen MR) is 77.8 cm³/mol. The number of aromatic nitrogens is 3. The van der Waals surface area contributed by atoms with E-state index in [-0.39, 0.29) is 5.41 Å². The van der Waals surface area contributed by atoms with Gasteiger partial charge in [0.05, 0.1) is 5.56 Å². The van der Waals surface area contributed by atoms with E-state index in [0.29, 0.717) is 12.5 Å². The van der Waals surface area contributed by atoms with Crippen LogP contribution in [0.2, 0.25) is 0 Å². The van der Waals surface area contributed by atoms with Gasteiger partial charge in [-0.1, -0.05) is 5.16 Å². The molecule has 1 unspecified atom stereocenters. The summed E-state index contributed by atoms with van der Waals surface area (Å²) in [6.45, 7) is 2.60. The van der Waals surface area contributed by atoms with E-state index in [1.54, 1.807) is 19.5 Å². The summed E-state index contributed by atoms with van der Waals surface area (Å²) in [4.78, 5) is 8.71. The van der Waals surface area contributed by atoms with Gasteiger partial charge in [0, 0.05) is 38.1 Å². The number of pyridine rings is 1. The smallest absolute Gasteiger partial charge is 0.259 e. The molecule has 0 saturated carbocycles. The van der Waals surface area contributed by atoms with Crippen molar-refractivity contribution >= 4 is 0 Å². The van der Waals surface area contributed by atoms with Crippen molar-refractivity contribution in [3.05, 3.63) is 30.4 Å². The van der Waals surface area contributed by atoms with Crippen LogP contribution in [0, 0.1) is 0 Å². The van der Waals surface area contributed by atoms with Crippen molar-refractivity contribution in [3.8, 4) is 11.5 Å². The minimum absolute atomic E-state index is 0.0990. The molecule has 1 atom stereocenters. The molecule has 3 rings (SSSR count). The van der Waals surface area contributed by atoms with Crippen molar-refractivity contribution in [1.82, 2.24) is 20.4 Å². The molecule has 3 heterocycles. The van der Waals surface area contributed by atoms with Crippen molar-refractivity contribution < 1.29 is 9.26 Å². The quantitative estimate of drug-likeness (QED) is 0.904. The Balaban J connectivity index is 1.88. The van der Waals surface area contributed by atoms with Crippen LogP contribution in [-0.4, -0.2) is 41.9 Å². The van der Waals surface area contributed by atoms with Crippen molar-refractivity contribution in [2.45, 2.75) is 24.7 Å². The van der Waals surface area contributed by atoms with Gasteiger partial charge in [0.2, 0.25) is 0 Å². The van der Waals surface area contributed by atoms with Gasteiger partial charge in [0.15, 0.2) is 5.82 Å². The predicted octanol–water partition coefficient (Wildman–Crippen LogP) is 1.79. The Morgan fingerprint density at radius 1 is 1.48 bits per heavy atom. The first-order valence-corrected chi connectivity index (χ1v) is 7.28. The second-order valence-electron chi connectivity index (χ2n) is 5.47. The first kappa shape index (κ1) is 14.2. The highest BCUT2D eigenvalue weighted by Crippen LogP contribution is 2.33. The van der Waals surface area contributed by atoms with E-state index in [2.05, 4.69) is 20.4 Å². The fourth-order valence-electron chi connectivity index (χ4n) is 2.83. The minimum Gasteiger partial charge on any atom is -0.385 e. The van der Waals surface area contributed by atoms with E-state index in [1.165, 1.54) is 0 Å². The molecule has 0 amide bonds. The average molecular weight is 288 g/mol. The molecular weight excluding hydrogens is 268 g/mol. The first-order chi connectivity index (χ1) is 10.3. The van der Waals surface area contributed by atoms with Crippen molar-refractivity contribution in [1.29, 1.82) is 0 Å². The van der Waals surface area contributed by atoms with Gasteiger partial charge in [-0.2, -0.15) is 4.98 Å². The summed E-state index contributed by atoms with van der Waals surface area (Å²) in [5, 5.41) is 7.67. The second kappa shape index (κ2) is 6.32. The van der Waals surface area contributed by atoms with Crippen LogP contribution in [0.3, 0.4) is 0 Å². The van der Waals surface area contributed by atoms with Crippen LogP contribution in [0.4, 0.5) is 0 Å². The maximum absolute atomic E-state index is 5.44. The number of piperidine rings is 1. The van der Waals surface area contributed by atoms with Crippen LogP contribution in [0.1, 0.15) is 25.1 Å². The van der Waals surface area contributed by atoms with Gasteiger partial charge in [-0.3, -0.25) is 4.98 Å². The van der Waals surface area contributed by atoms with Gasteiger partial charge < -0.3 is 14.6 Å². The van der Waals surface area contributed by atoms with Crippen LogP contribution in [0.5, 0.6) is 0 Å². The summed E-state index contributed by atoms with van der Waals surface area (Å²) in [5.41, 5.74) is 0.750. The molecule has 6 nitrogen and oxygen atoms in total. The van der Waals surface area contributed by atoms with Gasteiger partial charge in [-0.05, 0) is 37.9 Å². The fraction of sp³-hybridized carbons (Fsp3) is 0.533. The highest BCUT2D eigenvalue weighted by Gasteiger charge is 2.38. The normalized spacial score (nSPS) is 22.3. The molecule has 0 aromatic carbocycles. The topological polar surface area (TPSA) is 73.1 Å². The summed E-state index contributed by atoms with van der Waals surface area (Å²) in [6, 6.07) is 3.79. The summed E-state index contributed by atoms with van der Waals surface area (Å²) in [5.74, 6) is 1.30. The Kier molecular flexibility index (Phi) is 4.26. The zero-order chi connectivity index (χ0) is 14.5. The summed E-state index contributed by atoms with van der Waals surface area (Å²) < 4.78 is 10.7. The Morgan fingerprint density at radius 3 is 3.14 bits per heavy atom. The Morgan fingerprint density at radius 2 is 2.43 bits per heavy atom. The molecule has 1 aliphatic rings. The SMILES string of the molecule is COCCC1(c2noc(-c3cccnc3)n2)CCCNC1. The summed E-state index contributed by atoms with van der Waals surface area (Å²) in [7, 11) is 1.72. The van der Waals surface area contributed by atoms with Gasteiger partial charge >= 0.3 is 0 Å². The van der Waals surface area contributed by atoms with Gasteiger partial charge in [0.1, 0.15) is 0 Å². The molecule has 0 bridgehead atoms. The summed E-state index contributed by atoms with van der Waals surface area (Å²) >= 11 is 0. The number of ether oxygens (including phenoxy) is 1. The average Bonchev–Trinajstić information content (AvgIpc) is 3.05. The van der Waals surface area contributed by atoms with E-state index < -0.39 is 0 Å². The van der Waals surface area contributed by atoms with Gasteiger partial charge in [-0.15, -0.1) is 0 Å². The monoisotopic (exact) mass is 288 g/mol. The molecule has 2 aromatic rings. The highest BCUT2D eigenvalue weighted by molar-refractivity contribution is 5.50. The van der Waals surface area contributed by atoms with Crippen molar-refractivity contribution in [3.63, 3.8) is 0 Å². The number of hydrogen-bond acceptors (Lipinski definition) is 6. The standard InChI is InChI=1S/C15H20N4O2/c1-20-9-6-15(5-3-8-17-11-15)14-18-13(21-19-14)12-4-2-7-16-10-12/h2,4,7,10,17H,3,5-6,8-9,11H2,1H3. The van der Waals surface area contributed by atoms with Crippen LogP contribution in [-0.2, 0) is 10.2 Å². The lowest BCUT2D eigenvalue weighted by Crippen LogP contribution is -2.44. The third-order valence-corrected chi connectivity index (χ3v) is 4.07.